The molecular weight excluding hydrogens is 469 g/mol. The second-order valence-electron chi connectivity index (χ2n) is 6.00. The van der Waals surface area contributed by atoms with Crippen LogP contribution in [0.4, 0.5) is 0 Å². The van der Waals surface area contributed by atoms with Crippen molar-refractivity contribution in [1.29, 1.82) is 0 Å². The van der Waals surface area contributed by atoms with Crippen LogP contribution in [0, 0.1) is 0 Å². The number of hydrogen-bond donors (Lipinski definition) is 3. The summed E-state index contributed by atoms with van der Waals surface area (Å²) in [5, 5.41) is 16.9. The number of aliphatic hydroxyl groups is 1. The first kappa shape index (κ1) is 24.0. The third-order valence-electron chi connectivity index (χ3n) is 4.12. The van der Waals surface area contributed by atoms with Gasteiger partial charge < -0.3 is 25.2 Å². The molecule has 7 heteroatoms. The van der Waals surface area contributed by atoms with E-state index < -0.39 is 6.10 Å². The third kappa shape index (κ3) is 7.55. The number of aliphatic imine (C=N–C) groups is 1. The van der Waals surface area contributed by atoms with Crippen molar-refractivity contribution in [2.45, 2.75) is 19.4 Å². The molecule has 3 N–H and O–H groups in total. The van der Waals surface area contributed by atoms with E-state index in [1.165, 1.54) is 0 Å². The van der Waals surface area contributed by atoms with Crippen LogP contribution in [0.25, 0.3) is 0 Å². The highest BCUT2D eigenvalue weighted by Crippen LogP contribution is 2.19. The Balaban J connectivity index is 0.00000392. The molecule has 0 amide bonds. The number of halogens is 1. The van der Waals surface area contributed by atoms with E-state index in [0.29, 0.717) is 12.5 Å². The molecule has 0 aromatic heterocycles. The lowest BCUT2D eigenvalue weighted by atomic mass is 10.1. The minimum atomic E-state index is -0.690. The van der Waals surface area contributed by atoms with E-state index >= 15 is 0 Å². The molecule has 2 aromatic rings. The maximum atomic E-state index is 10.4. The molecule has 0 aliphatic heterocycles. The van der Waals surface area contributed by atoms with E-state index in [2.05, 4.69) is 21.7 Å². The Morgan fingerprint density at radius 3 is 2.57 bits per heavy atom. The largest absolute Gasteiger partial charge is 0.497 e. The number of rotatable bonds is 9. The van der Waals surface area contributed by atoms with E-state index in [4.69, 9.17) is 9.47 Å². The lowest BCUT2D eigenvalue weighted by molar-refractivity contribution is 0.186. The fourth-order valence-electron chi connectivity index (χ4n) is 2.70. The van der Waals surface area contributed by atoms with Crippen molar-refractivity contribution in [3.8, 4) is 11.5 Å². The summed E-state index contributed by atoms with van der Waals surface area (Å²) >= 11 is 0. The minimum absolute atomic E-state index is 0. The zero-order valence-electron chi connectivity index (χ0n) is 16.6. The summed E-state index contributed by atoms with van der Waals surface area (Å²) in [7, 11) is 3.29. The van der Waals surface area contributed by atoms with Crippen LogP contribution in [-0.2, 0) is 6.42 Å². The number of ether oxygens (including phenoxy) is 2. The molecule has 2 rings (SSSR count). The van der Waals surface area contributed by atoms with Crippen LogP contribution in [0.2, 0.25) is 0 Å². The van der Waals surface area contributed by atoms with Crippen molar-refractivity contribution in [2.24, 2.45) is 4.99 Å². The molecule has 0 fully saturated rings. The van der Waals surface area contributed by atoms with Gasteiger partial charge in [0, 0.05) is 13.1 Å². The quantitative estimate of drug-likeness (QED) is 0.281. The van der Waals surface area contributed by atoms with Gasteiger partial charge in [-0.15, -0.1) is 24.0 Å². The molecule has 1 unspecified atom stereocenters. The molecule has 1 atom stereocenters. The van der Waals surface area contributed by atoms with Crippen molar-refractivity contribution >= 4 is 29.9 Å². The monoisotopic (exact) mass is 499 g/mol. The summed E-state index contributed by atoms with van der Waals surface area (Å²) < 4.78 is 10.6. The van der Waals surface area contributed by atoms with Gasteiger partial charge in [-0.25, -0.2) is 0 Å². The summed E-state index contributed by atoms with van der Waals surface area (Å²) in [5.41, 5.74) is 1.92. The first-order valence-electron chi connectivity index (χ1n) is 9.14. The molecule has 0 heterocycles. The lowest BCUT2D eigenvalue weighted by Gasteiger charge is -2.14. The topological polar surface area (TPSA) is 75.1 Å². The molecule has 0 aliphatic carbocycles. The minimum Gasteiger partial charge on any atom is -0.497 e. The second-order valence-corrected chi connectivity index (χ2v) is 6.00. The van der Waals surface area contributed by atoms with Gasteiger partial charge in [0.05, 0.1) is 26.9 Å². The van der Waals surface area contributed by atoms with Crippen LogP contribution < -0.4 is 20.1 Å². The molecule has 0 aliphatic rings. The Kier molecular flexibility index (Phi) is 11.4. The Labute approximate surface area is 184 Å². The standard InChI is InChI=1S/C21H29N3O3.HI/c1-4-22-21(23-13-12-16-8-5-6-11-20(16)27-3)24-15-19(25)17-9-7-10-18(14-17)26-2;/h5-11,14,19,25H,4,12-13,15H2,1-3H3,(H2,22,23,24);1H. The number of methoxy groups -OCH3 is 2. The third-order valence-corrected chi connectivity index (χ3v) is 4.12. The molecule has 2 aromatic carbocycles. The van der Waals surface area contributed by atoms with E-state index in [1.54, 1.807) is 14.2 Å². The SMILES string of the molecule is CCNC(=NCC(O)c1cccc(OC)c1)NCCc1ccccc1OC.I. The van der Waals surface area contributed by atoms with E-state index in [9.17, 15) is 5.11 Å². The first-order chi connectivity index (χ1) is 13.2. The van der Waals surface area contributed by atoms with E-state index in [-0.39, 0.29) is 30.5 Å². The van der Waals surface area contributed by atoms with Gasteiger partial charge in [0.1, 0.15) is 11.5 Å². The van der Waals surface area contributed by atoms with Gasteiger partial charge in [0.15, 0.2) is 5.96 Å². The summed E-state index contributed by atoms with van der Waals surface area (Å²) in [6.45, 7) is 3.73. The van der Waals surface area contributed by atoms with Crippen LogP contribution >= 0.6 is 24.0 Å². The van der Waals surface area contributed by atoms with Crippen molar-refractivity contribution < 1.29 is 14.6 Å². The molecule has 0 radical (unpaired) electrons. The van der Waals surface area contributed by atoms with E-state index in [0.717, 1.165) is 35.6 Å². The fraction of sp³-hybridized carbons (Fsp3) is 0.381. The number of nitrogens with zero attached hydrogens (tertiary/aromatic N) is 1. The normalized spacial score (nSPS) is 11.9. The first-order valence-corrected chi connectivity index (χ1v) is 9.14. The average Bonchev–Trinajstić information content (AvgIpc) is 2.72. The second kappa shape index (κ2) is 13.2. The van der Waals surface area contributed by atoms with Gasteiger partial charge in [-0.1, -0.05) is 30.3 Å². The van der Waals surface area contributed by atoms with E-state index in [1.807, 2.05) is 49.4 Å². The summed E-state index contributed by atoms with van der Waals surface area (Å²) in [6, 6.07) is 15.4. The maximum absolute atomic E-state index is 10.4. The molecule has 0 saturated carbocycles. The average molecular weight is 499 g/mol. The van der Waals surface area contributed by atoms with Crippen molar-refractivity contribution in [3.63, 3.8) is 0 Å². The highest BCUT2D eigenvalue weighted by molar-refractivity contribution is 14.0. The maximum Gasteiger partial charge on any atom is 0.191 e. The fourth-order valence-corrected chi connectivity index (χ4v) is 2.70. The van der Waals surface area contributed by atoms with Crippen LogP contribution in [-0.4, -0.2) is 44.9 Å². The van der Waals surface area contributed by atoms with Crippen LogP contribution in [0.3, 0.4) is 0 Å². The number of nitrogens with one attached hydrogen (secondary N) is 2. The molecular formula is C21H30IN3O3. The Morgan fingerprint density at radius 1 is 1.07 bits per heavy atom. The Hall–Kier alpha value is -2.00. The predicted molar refractivity (Wildman–Crippen MR) is 124 cm³/mol. The summed E-state index contributed by atoms with van der Waals surface area (Å²) in [6.07, 6.45) is 0.122. The van der Waals surface area contributed by atoms with Crippen LogP contribution in [0.1, 0.15) is 24.2 Å². The van der Waals surface area contributed by atoms with Gasteiger partial charge >= 0.3 is 0 Å². The van der Waals surface area contributed by atoms with Crippen molar-refractivity contribution in [2.75, 3.05) is 33.9 Å². The van der Waals surface area contributed by atoms with Gasteiger partial charge in [0.25, 0.3) is 0 Å². The van der Waals surface area contributed by atoms with Gasteiger partial charge in [0.2, 0.25) is 0 Å². The Bertz CT molecular complexity index is 740. The van der Waals surface area contributed by atoms with Gasteiger partial charge in [-0.05, 0) is 42.7 Å². The van der Waals surface area contributed by atoms with Crippen LogP contribution in [0.5, 0.6) is 11.5 Å². The summed E-state index contributed by atoms with van der Waals surface area (Å²) in [4.78, 5) is 4.49. The molecule has 0 bridgehead atoms. The van der Waals surface area contributed by atoms with Crippen molar-refractivity contribution in [3.05, 3.63) is 59.7 Å². The molecule has 6 nitrogen and oxygen atoms in total. The predicted octanol–water partition coefficient (Wildman–Crippen LogP) is 3.15. The lowest BCUT2D eigenvalue weighted by Crippen LogP contribution is -2.38. The van der Waals surface area contributed by atoms with Crippen LogP contribution in [0.15, 0.2) is 53.5 Å². The number of hydrogen-bond acceptors (Lipinski definition) is 4. The zero-order valence-corrected chi connectivity index (χ0v) is 19.0. The van der Waals surface area contributed by atoms with Gasteiger partial charge in [-0.2, -0.15) is 0 Å². The molecule has 154 valence electrons. The highest BCUT2D eigenvalue weighted by Gasteiger charge is 2.09. The molecule has 0 spiro atoms. The number of guanidine groups is 1. The summed E-state index contributed by atoms with van der Waals surface area (Å²) in [5.74, 6) is 2.28. The number of benzene rings is 2. The zero-order chi connectivity index (χ0) is 19.5. The number of para-hydroxylation sites is 1. The Morgan fingerprint density at radius 2 is 1.86 bits per heavy atom. The molecule has 28 heavy (non-hydrogen) atoms. The van der Waals surface area contributed by atoms with Gasteiger partial charge in [-0.3, -0.25) is 4.99 Å². The van der Waals surface area contributed by atoms with Crippen molar-refractivity contribution in [1.82, 2.24) is 10.6 Å². The smallest absolute Gasteiger partial charge is 0.191 e. The number of aliphatic hydroxyl groups excluding tert-OH is 1. The highest BCUT2D eigenvalue weighted by atomic mass is 127. The molecule has 0 saturated heterocycles.